The molecule has 0 aliphatic heterocycles. The molecule has 1 aromatic rings. The summed E-state index contributed by atoms with van der Waals surface area (Å²) >= 11 is 0. The van der Waals surface area contributed by atoms with Crippen molar-refractivity contribution in [3.8, 4) is 6.07 Å². The SMILES string of the molecule is CNC(=O)c1ccc(/C=C/C(=O)N(CCC#N)C(C)C)cc1. The van der Waals surface area contributed by atoms with Gasteiger partial charge in [0.25, 0.3) is 5.91 Å². The van der Waals surface area contributed by atoms with Gasteiger partial charge in [0.15, 0.2) is 0 Å². The van der Waals surface area contributed by atoms with E-state index >= 15 is 0 Å². The zero-order valence-electron chi connectivity index (χ0n) is 13.2. The summed E-state index contributed by atoms with van der Waals surface area (Å²) in [5.41, 5.74) is 1.41. The summed E-state index contributed by atoms with van der Waals surface area (Å²) in [6, 6.07) is 9.07. The lowest BCUT2D eigenvalue weighted by molar-refractivity contribution is -0.127. The van der Waals surface area contributed by atoms with Gasteiger partial charge in [0.1, 0.15) is 0 Å². The van der Waals surface area contributed by atoms with Crippen LogP contribution >= 0.6 is 0 Å². The summed E-state index contributed by atoms with van der Waals surface area (Å²) < 4.78 is 0. The molecular formula is C17H21N3O2. The molecular weight excluding hydrogens is 278 g/mol. The monoisotopic (exact) mass is 299 g/mol. The van der Waals surface area contributed by atoms with Crippen LogP contribution in [0.2, 0.25) is 0 Å². The topological polar surface area (TPSA) is 73.2 Å². The van der Waals surface area contributed by atoms with Gasteiger partial charge in [-0.15, -0.1) is 0 Å². The highest BCUT2D eigenvalue weighted by Gasteiger charge is 2.13. The smallest absolute Gasteiger partial charge is 0.251 e. The van der Waals surface area contributed by atoms with E-state index in [0.717, 1.165) is 5.56 Å². The number of nitrogens with zero attached hydrogens (tertiary/aromatic N) is 2. The highest BCUT2D eigenvalue weighted by molar-refractivity contribution is 5.94. The van der Waals surface area contributed by atoms with Crippen LogP contribution in [0.3, 0.4) is 0 Å². The van der Waals surface area contributed by atoms with Gasteiger partial charge in [-0.2, -0.15) is 5.26 Å². The molecule has 1 aromatic carbocycles. The van der Waals surface area contributed by atoms with Crippen molar-refractivity contribution < 1.29 is 9.59 Å². The van der Waals surface area contributed by atoms with Crippen LogP contribution in [0, 0.1) is 11.3 Å². The average Bonchev–Trinajstić information content (AvgIpc) is 2.52. The van der Waals surface area contributed by atoms with Crippen LogP contribution in [0.5, 0.6) is 0 Å². The number of hydrogen-bond acceptors (Lipinski definition) is 3. The molecule has 5 nitrogen and oxygen atoms in total. The third-order valence-electron chi connectivity index (χ3n) is 3.19. The van der Waals surface area contributed by atoms with Crippen molar-refractivity contribution in [2.24, 2.45) is 0 Å². The molecule has 0 saturated heterocycles. The molecule has 5 heteroatoms. The van der Waals surface area contributed by atoms with Crippen LogP contribution in [-0.4, -0.2) is 36.3 Å². The maximum atomic E-state index is 12.2. The zero-order valence-corrected chi connectivity index (χ0v) is 13.2. The van der Waals surface area contributed by atoms with Crippen LogP contribution in [0.15, 0.2) is 30.3 Å². The Morgan fingerprint density at radius 2 is 1.95 bits per heavy atom. The molecule has 0 aliphatic carbocycles. The Hall–Kier alpha value is -2.61. The standard InChI is InChI=1S/C17H21N3O2/c1-13(2)20(12-4-11-18)16(21)10-7-14-5-8-15(9-6-14)17(22)19-3/h5-10,13H,4,12H2,1-3H3,(H,19,22)/b10-7+. The zero-order chi connectivity index (χ0) is 16.5. The first-order valence-electron chi connectivity index (χ1n) is 7.17. The molecule has 0 atom stereocenters. The fourth-order valence-corrected chi connectivity index (χ4v) is 1.95. The summed E-state index contributed by atoms with van der Waals surface area (Å²) in [6.45, 7) is 4.26. The summed E-state index contributed by atoms with van der Waals surface area (Å²) in [4.78, 5) is 25.2. The Morgan fingerprint density at radius 3 is 2.45 bits per heavy atom. The van der Waals surface area contributed by atoms with E-state index in [2.05, 4.69) is 5.32 Å². The lowest BCUT2D eigenvalue weighted by Crippen LogP contribution is -2.36. The van der Waals surface area contributed by atoms with Gasteiger partial charge in [-0.1, -0.05) is 12.1 Å². The van der Waals surface area contributed by atoms with E-state index < -0.39 is 0 Å². The maximum absolute atomic E-state index is 12.2. The number of hydrogen-bond donors (Lipinski definition) is 1. The quantitative estimate of drug-likeness (QED) is 0.818. The Balaban J connectivity index is 2.75. The highest BCUT2D eigenvalue weighted by Crippen LogP contribution is 2.08. The first-order chi connectivity index (χ1) is 10.5. The third-order valence-corrected chi connectivity index (χ3v) is 3.19. The van der Waals surface area contributed by atoms with Gasteiger partial charge in [0.2, 0.25) is 5.91 Å². The van der Waals surface area contributed by atoms with Gasteiger partial charge in [-0.05, 0) is 37.6 Å². The third kappa shape index (κ3) is 5.06. The lowest BCUT2D eigenvalue weighted by atomic mass is 10.1. The molecule has 116 valence electrons. The van der Waals surface area contributed by atoms with Gasteiger partial charge in [-0.3, -0.25) is 9.59 Å². The second-order valence-electron chi connectivity index (χ2n) is 5.07. The van der Waals surface area contributed by atoms with Crippen molar-refractivity contribution in [1.82, 2.24) is 10.2 Å². The summed E-state index contributed by atoms with van der Waals surface area (Å²) in [6.07, 6.45) is 3.52. The van der Waals surface area contributed by atoms with Crippen molar-refractivity contribution in [1.29, 1.82) is 5.26 Å². The average molecular weight is 299 g/mol. The van der Waals surface area contributed by atoms with E-state index in [1.165, 1.54) is 6.08 Å². The molecule has 22 heavy (non-hydrogen) atoms. The predicted molar refractivity (Wildman–Crippen MR) is 85.9 cm³/mol. The molecule has 0 aromatic heterocycles. The molecule has 2 amide bonds. The molecule has 1 N–H and O–H groups in total. The lowest BCUT2D eigenvalue weighted by Gasteiger charge is -2.24. The minimum absolute atomic E-state index is 0.0427. The molecule has 1 rings (SSSR count). The number of carbonyl (C=O) groups is 2. The summed E-state index contributed by atoms with van der Waals surface area (Å²) in [5, 5.41) is 11.2. The number of nitrogens with one attached hydrogen (secondary N) is 1. The van der Waals surface area contributed by atoms with E-state index in [-0.39, 0.29) is 17.9 Å². The van der Waals surface area contributed by atoms with Crippen LogP contribution in [0.1, 0.15) is 36.2 Å². The summed E-state index contributed by atoms with van der Waals surface area (Å²) in [7, 11) is 1.58. The van der Waals surface area contributed by atoms with Crippen LogP contribution < -0.4 is 5.32 Å². The predicted octanol–water partition coefficient (Wildman–Crippen LogP) is 2.21. The normalized spacial score (nSPS) is 10.5. The second kappa shape index (κ2) is 8.63. The molecule has 0 heterocycles. The molecule has 0 spiro atoms. The Morgan fingerprint density at radius 1 is 1.32 bits per heavy atom. The van der Waals surface area contributed by atoms with Crippen molar-refractivity contribution in [3.63, 3.8) is 0 Å². The number of rotatable bonds is 6. The van der Waals surface area contributed by atoms with Crippen LogP contribution in [-0.2, 0) is 4.79 Å². The second-order valence-corrected chi connectivity index (χ2v) is 5.07. The minimum atomic E-state index is -0.144. The van der Waals surface area contributed by atoms with Crippen LogP contribution in [0.4, 0.5) is 0 Å². The fourth-order valence-electron chi connectivity index (χ4n) is 1.95. The van der Waals surface area contributed by atoms with Crippen molar-refractivity contribution in [2.45, 2.75) is 26.3 Å². The number of amides is 2. The number of benzene rings is 1. The fraction of sp³-hybridized carbons (Fsp3) is 0.353. The van der Waals surface area contributed by atoms with Crippen LogP contribution in [0.25, 0.3) is 6.08 Å². The van der Waals surface area contributed by atoms with E-state index in [1.54, 1.807) is 42.3 Å². The first kappa shape index (κ1) is 17.4. The van der Waals surface area contributed by atoms with Gasteiger partial charge in [-0.25, -0.2) is 0 Å². The van der Waals surface area contributed by atoms with Gasteiger partial charge >= 0.3 is 0 Å². The van der Waals surface area contributed by atoms with Crippen molar-refractivity contribution >= 4 is 17.9 Å². The highest BCUT2D eigenvalue weighted by atomic mass is 16.2. The van der Waals surface area contributed by atoms with E-state index in [9.17, 15) is 9.59 Å². The Kier molecular flexibility index (Phi) is 6.84. The number of carbonyl (C=O) groups excluding carboxylic acids is 2. The first-order valence-corrected chi connectivity index (χ1v) is 7.17. The molecule has 0 fully saturated rings. The van der Waals surface area contributed by atoms with Gasteiger partial charge in [0.05, 0.1) is 12.5 Å². The maximum Gasteiger partial charge on any atom is 0.251 e. The molecule has 0 unspecified atom stereocenters. The van der Waals surface area contributed by atoms with Crippen molar-refractivity contribution in [2.75, 3.05) is 13.6 Å². The Labute approximate surface area is 131 Å². The molecule has 0 bridgehead atoms. The van der Waals surface area contributed by atoms with Gasteiger partial charge < -0.3 is 10.2 Å². The largest absolute Gasteiger partial charge is 0.355 e. The summed E-state index contributed by atoms with van der Waals surface area (Å²) in [5.74, 6) is -0.269. The van der Waals surface area contributed by atoms with E-state index in [1.807, 2.05) is 19.9 Å². The molecule has 0 radical (unpaired) electrons. The molecule has 0 aliphatic rings. The minimum Gasteiger partial charge on any atom is -0.355 e. The van der Waals surface area contributed by atoms with Gasteiger partial charge in [0, 0.05) is 31.3 Å². The Bertz CT molecular complexity index is 583. The number of nitriles is 1. The molecule has 0 saturated carbocycles. The van der Waals surface area contributed by atoms with E-state index in [0.29, 0.717) is 18.5 Å². The van der Waals surface area contributed by atoms with Crippen molar-refractivity contribution in [3.05, 3.63) is 41.5 Å². The van der Waals surface area contributed by atoms with E-state index in [4.69, 9.17) is 5.26 Å².